The van der Waals surface area contributed by atoms with Gasteiger partial charge in [-0.05, 0) is 111 Å². The smallest absolute Gasteiger partial charge is 0.315 e. The van der Waals surface area contributed by atoms with Crippen molar-refractivity contribution >= 4 is 5.97 Å². The molecule has 66 heavy (non-hydrogen) atoms. The number of rotatable bonds is 9. The SMILES string of the molecule is C[C@H]1[C@H](C)CC[C@]2(C(=O)O[C@@H]3O[C@H](CO[C@@H]4O[C@H](CO)[C@@H](O[C@@H]5O[C@@H](C)[C@H](O)[C@@H](O)[C@H]5O)[C@H](O)[C@H]4O)[C@@H](O)[C@H](O)[C@H]3O)CC[C@]3(C)C(=CCC4[C@@]5(C)CC[C@H](O)[C@@](C)(CO)C5CC[C@]43C)[C@H]12. The van der Waals surface area contributed by atoms with Crippen LogP contribution in [0.1, 0.15) is 106 Å². The van der Waals surface area contributed by atoms with Crippen molar-refractivity contribution in [3.05, 3.63) is 11.6 Å². The molecular formula is C48H78O18. The summed E-state index contributed by atoms with van der Waals surface area (Å²) in [5.41, 5.74) is -0.753. The van der Waals surface area contributed by atoms with E-state index >= 15 is 0 Å². The average Bonchev–Trinajstić information content (AvgIpc) is 3.29. The molecule has 11 N–H and O–H groups in total. The summed E-state index contributed by atoms with van der Waals surface area (Å²) in [6.45, 7) is 13.7. The second-order valence-corrected chi connectivity index (χ2v) is 22.8. The van der Waals surface area contributed by atoms with Gasteiger partial charge in [-0.25, -0.2) is 0 Å². The molecule has 5 aliphatic carbocycles. The number of fused-ring (bicyclic) bond motifs is 7. The van der Waals surface area contributed by atoms with Crippen LogP contribution in [0.3, 0.4) is 0 Å². The lowest BCUT2D eigenvalue weighted by Crippen LogP contribution is -2.66. The first-order valence-corrected chi connectivity index (χ1v) is 24.4. The predicted octanol–water partition coefficient (Wildman–Crippen LogP) is -0.00360. The minimum absolute atomic E-state index is 0.0596. The van der Waals surface area contributed by atoms with Gasteiger partial charge in [0.1, 0.15) is 67.1 Å². The van der Waals surface area contributed by atoms with Crippen molar-refractivity contribution in [3.63, 3.8) is 0 Å². The van der Waals surface area contributed by atoms with Crippen molar-refractivity contribution in [3.8, 4) is 0 Å². The zero-order valence-corrected chi connectivity index (χ0v) is 39.5. The van der Waals surface area contributed by atoms with Gasteiger partial charge >= 0.3 is 5.97 Å². The van der Waals surface area contributed by atoms with E-state index in [1.807, 2.05) is 6.92 Å². The number of hydrogen-bond acceptors (Lipinski definition) is 18. The van der Waals surface area contributed by atoms with Gasteiger partial charge < -0.3 is 84.6 Å². The highest BCUT2D eigenvalue weighted by atomic mass is 16.8. The molecule has 18 heteroatoms. The molecule has 3 saturated heterocycles. The molecule has 4 saturated carbocycles. The van der Waals surface area contributed by atoms with Crippen LogP contribution in [0.5, 0.6) is 0 Å². The summed E-state index contributed by atoms with van der Waals surface area (Å²) in [5.74, 6) is 0.137. The summed E-state index contributed by atoms with van der Waals surface area (Å²) >= 11 is 0. The Morgan fingerprint density at radius 2 is 1.33 bits per heavy atom. The number of allylic oxidation sites excluding steroid dienone is 2. The zero-order valence-electron chi connectivity index (χ0n) is 39.5. The topological polar surface area (TPSA) is 295 Å². The molecule has 3 heterocycles. The third-order valence-corrected chi connectivity index (χ3v) is 19.8. The fourth-order valence-electron chi connectivity index (χ4n) is 15.1. The first-order valence-electron chi connectivity index (χ1n) is 24.4. The molecule has 26 atom stereocenters. The van der Waals surface area contributed by atoms with E-state index < -0.39 is 128 Å². The Morgan fingerprint density at radius 3 is 2.02 bits per heavy atom. The number of esters is 1. The van der Waals surface area contributed by atoms with Crippen molar-refractivity contribution in [1.82, 2.24) is 0 Å². The Balaban J connectivity index is 0.979. The zero-order chi connectivity index (χ0) is 48.2. The lowest BCUT2D eigenvalue weighted by Gasteiger charge is -2.71. The quantitative estimate of drug-likeness (QED) is 0.107. The van der Waals surface area contributed by atoms with E-state index in [0.29, 0.717) is 31.1 Å². The molecule has 0 aromatic rings. The van der Waals surface area contributed by atoms with Crippen molar-refractivity contribution in [2.75, 3.05) is 19.8 Å². The lowest BCUT2D eigenvalue weighted by atomic mass is 9.33. The first-order chi connectivity index (χ1) is 30.9. The molecule has 0 spiro atoms. The number of carbonyl (C=O) groups is 1. The van der Waals surface area contributed by atoms with Gasteiger partial charge in [-0.15, -0.1) is 0 Å². The van der Waals surface area contributed by atoms with E-state index in [1.165, 1.54) is 12.5 Å². The van der Waals surface area contributed by atoms with Crippen LogP contribution in [-0.2, 0) is 33.2 Å². The van der Waals surface area contributed by atoms with Crippen molar-refractivity contribution in [2.24, 2.45) is 56.7 Å². The van der Waals surface area contributed by atoms with Crippen LogP contribution < -0.4 is 0 Å². The van der Waals surface area contributed by atoms with E-state index in [1.54, 1.807) is 0 Å². The summed E-state index contributed by atoms with van der Waals surface area (Å²) in [7, 11) is 0. The average molecular weight is 943 g/mol. The van der Waals surface area contributed by atoms with Gasteiger partial charge in [0.05, 0.1) is 37.4 Å². The molecule has 2 unspecified atom stereocenters. The molecule has 0 radical (unpaired) electrons. The summed E-state index contributed by atoms with van der Waals surface area (Å²) in [5, 5.41) is 118. The molecule has 18 nitrogen and oxygen atoms in total. The summed E-state index contributed by atoms with van der Waals surface area (Å²) in [6, 6.07) is 0. The van der Waals surface area contributed by atoms with Gasteiger partial charge in [0, 0.05) is 5.41 Å². The predicted molar refractivity (Wildman–Crippen MR) is 230 cm³/mol. The Kier molecular flexibility index (Phi) is 14.1. The molecule has 8 rings (SSSR count). The van der Waals surface area contributed by atoms with Gasteiger partial charge in [-0.3, -0.25) is 4.79 Å². The van der Waals surface area contributed by atoms with E-state index in [9.17, 15) is 61.0 Å². The fraction of sp³-hybridized carbons (Fsp3) is 0.938. The molecule has 8 aliphatic rings. The van der Waals surface area contributed by atoms with Crippen LogP contribution >= 0.6 is 0 Å². The number of ether oxygens (including phenoxy) is 6. The van der Waals surface area contributed by atoms with E-state index in [0.717, 1.165) is 38.5 Å². The van der Waals surface area contributed by atoms with Crippen molar-refractivity contribution < 1.29 is 89.4 Å². The molecular weight excluding hydrogens is 865 g/mol. The maximum atomic E-state index is 15.0. The van der Waals surface area contributed by atoms with Gasteiger partial charge in [-0.2, -0.15) is 0 Å². The minimum atomic E-state index is -1.85. The Labute approximate surface area is 387 Å². The second-order valence-electron chi connectivity index (χ2n) is 22.8. The molecule has 0 aromatic heterocycles. The largest absolute Gasteiger partial charge is 0.432 e. The lowest BCUT2D eigenvalue weighted by molar-refractivity contribution is -0.361. The molecule has 378 valence electrons. The number of hydrogen-bond donors (Lipinski definition) is 11. The molecule has 0 bridgehead atoms. The van der Waals surface area contributed by atoms with Gasteiger partial charge in [0.15, 0.2) is 12.6 Å². The maximum Gasteiger partial charge on any atom is 0.315 e. The number of aliphatic hydroxyl groups is 11. The van der Waals surface area contributed by atoms with Crippen LogP contribution in [-0.4, -0.2) is 180 Å². The summed E-state index contributed by atoms with van der Waals surface area (Å²) < 4.78 is 34.8. The molecule has 3 aliphatic heterocycles. The highest BCUT2D eigenvalue weighted by Crippen LogP contribution is 2.76. The molecule has 7 fully saturated rings. The molecule has 0 amide bonds. The summed E-state index contributed by atoms with van der Waals surface area (Å²) in [6.07, 6.45) is -15.6. The first kappa shape index (κ1) is 50.9. The van der Waals surface area contributed by atoms with Crippen LogP contribution in [0, 0.1) is 56.7 Å². The van der Waals surface area contributed by atoms with Crippen LogP contribution in [0.2, 0.25) is 0 Å². The van der Waals surface area contributed by atoms with E-state index in [2.05, 4.69) is 40.7 Å². The Morgan fingerprint density at radius 1 is 0.682 bits per heavy atom. The maximum absolute atomic E-state index is 15.0. The molecule has 0 aromatic carbocycles. The van der Waals surface area contributed by atoms with Crippen LogP contribution in [0.15, 0.2) is 11.6 Å². The van der Waals surface area contributed by atoms with Crippen LogP contribution in [0.25, 0.3) is 0 Å². The third-order valence-electron chi connectivity index (χ3n) is 19.8. The Bertz CT molecular complexity index is 1790. The van der Waals surface area contributed by atoms with Crippen molar-refractivity contribution in [2.45, 2.75) is 204 Å². The van der Waals surface area contributed by atoms with Gasteiger partial charge in [-0.1, -0.05) is 53.2 Å². The third kappa shape index (κ3) is 7.69. The normalized spacial score (nSPS) is 56.2. The van der Waals surface area contributed by atoms with Crippen molar-refractivity contribution in [1.29, 1.82) is 0 Å². The minimum Gasteiger partial charge on any atom is -0.432 e. The van der Waals surface area contributed by atoms with E-state index in [-0.39, 0.29) is 40.6 Å². The fourth-order valence-corrected chi connectivity index (χ4v) is 15.1. The summed E-state index contributed by atoms with van der Waals surface area (Å²) in [4.78, 5) is 15.0. The second kappa shape index (κ2) is 18.3. The standard InChI is InChI=1S/C48H78O18/c1-21-10-15-48(17-16-46(6)24(30(48)22(21)2)8-9-28-44(4)13-12-29(51)45(5,20-50)27(44)11-14-47(28,46)7)43(60)66-42-37(58)34(55)32(53)26(64-42)19-61-40-38(59)35(56)39(25(18-49)63-40)65-41-36(57)33(54)31(52)23(3)62-41/h8,21-23,25-42,49-59H,9-20H2,1-7H3/t21-,22+,23+,25-,26-,27?,28?,29+,30+,31+,32-,33-,34+,35-,36-,37-,38-,39-,40-,41+,42+,44+,45+,46-,47-,48+/m1/s1. The number of aliphatic hydroxyl groups excluding tert-OH is 11. The van der Waals surface area contributed by atoms with E-state index in [4.69, 9.17) is 28.4 Å². The highest BCUT2D eigenvalue weighted by molar-refractivity contribution is 5.79. The Hall–Kier alpha value is -1.43. The van der Waals surface area contributed by atoms with Gasteiger partial charge in [0.25, 0.3) is 0 Å². The number of carbonyl (C=O) groups excluding carboxylic acids is 1. The highest BCUT2D eigenvalue weighted by Gasteiger charge is 2.70. The monoisotopic (exact) mass is 943 g/mol. The van der Waals surface area contributed by atoms with Gasteiger partial charge in [0.2, 0.25) is 6.29 Å². The van der Waals surface area contributed by atoms with Crippen LogP contribution in [0.4, 0.5) is 0 Å².